The number of ether oxygens (including phenoxy) is 3. The summed E-state index contributed by atoms with van der Waals surface area (Å²) in [6, 6.07) is 14.8. The Morgan fingerprint density at radius 1 is 0.886 bits per heavy atom. The van der Waals surface area contributed by atoms with Crippen LogP contribution >= 0.6 is 0 Å². The number of urea groups is 1. The van der Waals surface area contributed by atoms with E-state index in [-0.39, 0.29) is 11.4 Å². The number of carbonyl (C=O) groups excluding carboxylic acids is 1. The molecule has 35 heavy (non-hydrogen) atoms. The molecule has 4 aromatic rings. The van der Waals surface area contributed by atoms with Gasteiger partial charge in [-0.3, -0.25) is 9.88 Å². The minimum atomic E-state index is -4.56. The number of hydrogen-bond acceptors (Lipinski definition) is 5. The number of fused-ring (bicyclic) bond motifs is 1. The number of primary amides is 1. The molecule has 0 aliphatic carbocycles. The molecule has 2 N–H and O–H groups in total. The first-order valence-electron chi connectivity index (χ1n) is 10.3. The van der Waals surface area contributed by atoms with Crippen molar-refractivity contribution in [2.24, 2.45) is 5.73 Å². The minimum Gasteiger partial charge on any atom is -0.493 e. The van der Waals surface area contributed by atoms with Gasteiger partial charge >= 0.3 is 12.2 Å². The zero-order chi connectivity index (χ0) is 25.2. The van der Waals surface area contributed by atoms with Gasteiger partial charge in [0.15, 0.2) is 11.5 Å². The van der Waals surface area contributed by atoms with Crippen LogP contribution in [0.2, 0.25) is 0 Å². The van der Waals surface area contributed by atoms with Gasteiger partial charge < -0.3 is 19.9 Å². The van der Waals surface area contributed by atoms with Crippen LogP contribution in [0.15, 0.2) is 72.9 Å². The Balaban J connectivity index is 1.65. The smallest absolute Gasteiger partial charge is 0.416 e. The first-order chi connectivity index (χ1) is 16.7. The molecule has 0 saturated carbocycles. The highest BCUT2D eigenvalue weighted by atomic mass is 19.4. The molecule has 7 nitrogen and oxygen atoms in total. The lowest BCUT2D eigenvalue weighted by Crippen LogP contribution is -2.31. The van der Waals surface area contributed by atoms with E-state index in [1.807, 2.05) is 0 Å². The molecule has 0 unspecified atom stereocenters. The number of pyridine rings is 1. The summed E-state index contributed by atoms with van der Waals surface area (Å²) in [7, 11) is 3.05. The van der Waals surface area contributed by atoms with Crippen LogP contribution in [0.5, 0.6) is 23.0 Å². The lowest BCUT2D eigenvalue weighted by molar-refractivity contribution is -0.137. The molecule has 0 aliphatic heterocycles. The molecule has 3 aromatic carbocycles. The van der Waals surface area contributed by atoms with Gasteiger partial charge in [0.1, 0.15) is 11.5 Å². The average Bonchev–Trinajstić information content (AvgIpc) is 2.84. The lowest BCUT2D eigenvalue weighted by Gasteiger charge is -2.22. The summed E-state index contributed by atoms with van der Waals surface area (Å²) in [6.07, 6.45) is -2.97. The van der Waals surface area contributed by atoms with E-state index in [1.165, 1.54) is 38.5 Å². The monoisotopic (exact) mass is 483 g/mol. The Bertz CT molecular complexity index is 1380. The van der Waals surface area contributed by atoms with Gasteiger partial charge in [-0.1, -0.05) is 6.07 Å². The molecule has 1 heterocycles. The van der Waals surface area contributed by atoms with Crippen molar-refractivity contribution in [3.05, 3.63) is 78.5 Å². The number of benzene rings is 3. The van der Waals surface area contributed by atoms with E-state index < -0.39 is 17.8 Å². The maximum Gasteiger partial charge on any atom is 0.416 e. The normalized spacial score (nSPS) is 11.2. The number of halogens is 3. The topological polar surface area (TPSA) is 86.9 Å². The highest BCUT2D eigenvalue weighted by Crippen LogP contribution is 2.38. The number of anilines is 2. The van der Waals surface area contributed by atoms with Crippen LogP contribution in [0.4, 0.5) is 29.3 Å². The van der Waals surface area contributed by atoms with Crippen LogP contribution in [-0.2, 0) is 6.18 Å². The standard InChI is InChI=1S/C25H20F3N3O4/c1-33-22-13-19-20(14-23(22)34-2)30-11-10-21(19)35-18-8-6-16(7-9-18)31(24(29)32)17-5-3-4-15(12-17)25(26,27)28/h3-14H,1-2H3,(H2,29,32). The third-order valence-corrected chi connectivity index (χ3v) is 5.18. The van der Waals surface area contributed by atoms with Gasteiger partial charge in [-0.25, -0.2) is 4.79 Å². The summed E-state index contributed by atoms with van der Waals surface area (Å²) in [4.78, 5) is 17.4. The second kappa shape index (κ2) is 9.41. The summed E-state index contributed by atoms with van der Waals surface area (Å²) >= 11 is 0. The van der Waals surface area contributed by atoms with E-state index in [1.54, 1.807) is 36.5 Å². The molecule has 1 aromatic heterocycles. The van der Waals surface area contributed by atoms with Crippen molar-refractivity contribution >= 4 is 28.3 Å². The van der Waals surface area contributed by atoms with E-state index in [2.05, 4.69) is 4.98 Å². The summed E-state index contributed by atoms with van der Waals surface area (Å²) in [5, 5.41) is 0.678. The molecule has 0 spiro atoms. The molecule has 0 aliphatic rings. The molecule has 4 rings (SSSR count). The maximum atomic E-state index is 13.1. The van der Waals surface area contributed by atoms with Gasteiger partial charge in [-0.15, -0.1) is 0 Å². The predicted molar refractivity (Wildman–Crippen MR) is 125 cm³/mol. The molecular formula is C25H20F3N3O4. The molecule has 10 heteroatoms. The molecule has 0 saturated heterocycles. The Morgan fingerprint density at radius 2 is 1.57 bits per heavy atom. The van der Waals surface area contributed by atoms with Crippen LogP contribution < -0.4 is 24.8 Å². The minimum absolute atomic E-state index is 0.0119. The Morgan fingerprint density at radius 3 is 2.20 bits per heavy atom. The number of nitrogens with zero attached hydrogens (tertiary/aromatic N) is 2. The Kier molecular flexibility index (Phi) is 6.37. The van der Waals surface area contributed by atoms with E-state index in [0.717, 1.165) is 17.0 Å². The highest BCUT2D eigenvalue weighted by Gasteiger charge is 2.31. The van der Waals surface area contributed by atoms with Crippen LogP contribution in [0, 0.1) is 0 Å². The molecule has 0 atom stereocenters. The number of aromatic nitrogens is 1. The van der Waals surface area contributed by atoms with E-state index in [0.29, 0.717) is 33.9 Å². The number of alkyl halides is 3. The van der Waals surface area contributed by atoms with E-state index in [4.69, 9.17) is 19.9 Å². The lowest BCUT2D eigenvalue weighted by atomic mass is 10.1. The number of nitrogens with two attached hydrogens (primary N) is 1. The maximum absolute atomic E-state index is 13.1. The molecule has 0 bridgehead atoms. The van der Waals surface area contributed by atoms with Crippen molar-refractivity contribution in [2.45, 2.75) is 6.18 Å². The van der Waals surface area contributed by atoms with Crippen LogP contribution in [0.25, 0.3) is 10.9 Å². The van der Waals surface area contributed by atoms with Gasteiger partial charge in [0, 0.05) is 17.6 Å². The van der Waals surface area contributed by atoms with Crippen molar-refractivity contribution < 1.29 is 32.2 Å². The fourth-order valence-electron chi connectivity index (χ4n) is 3.55. The molecule has 0 fully saturated rings. The molecule has 2 amide bonds. The predicted octanol–water partition coefficient (Wildman–Crippen LogP) is 6.28. The second-order valence-corrected chi connectivity index (χ2v) is 7.35. The van der Waals surface area contributed by atoms with Crippen molar-refractivity contribution in [3.8, 4) is 23.0 Å². The van der Waals surface area contributed by atoms with Crippen LogP contribution in [-0.4, -0.2) is 25.2 Å². The summed E-state index contributed by atoms with van der Waals surface area (Å²) in [5.41, 5.74) is 5.48. The summed E-state index contributed by atoms with van der Waals surface area (Å²) in [6.45, 7) is 0. The number of methoxy groups -OCH3 is 2. The zero-order valence-corrected chi connectivity index (χ0v) is 18.7. The first-order valence-corrected chi connectivity index (χ1v) is 10.3. The van der Waals surface area contributed by atoms with Gasteiger partial charge in [-0.05, 0) is 54.6 Å². The first kappa shape index (κ1) is 23.7. The van der Waals surface area contributed by atoms with Crippen molar-refractivity contribution in [1.82, 2.24) is 4.98 Å². The van der Waals surface area contributed by atoms with Gasteiger partial charge in [-0.2, -0.15) is 13.2 Å². The Labute approximate surface area is 198 Å². The highest BCUT2D eigenvalue weighted by molar-refractivity contribution is 5.98. The fourth-order valence-corrected chi connectivity index (χ4v) is 3.55. The largest absolute Gasteiger partial charge is 0.493 e. The van der Waals surface area contributed by atoms with Gasteiger partial charge in [0.05, 0.1) is 36.7 Å². The zero-order valence-electron chi connectivity index (χ0n) is 18.7. The van der Waals surface area contributed by atoms with E-state index >= 15 is 0 Å². The van der Waals surface area contributed by atoms with Crippen molar-refractivity contribution in [3.63, 3.8) is 0 Å². The van der Waals surface area contributed by atoms with Crippen LogP contribution in [0.1, 0.15) is 5.56 Å². The van der Waals surface area contributed by atoms with E-state index in [9.17, 15) is 18.0 Å². The van der Waals surface area contributed by atoms with Crippen molar-refractivity contribution in [1.29, 1.82) is 0 Å². The molecule has 180 valence electrons. The van der Waals surface area contributed by atoms with Gasteiger partial charge in [0.25, 0.3) is 0 Å². The average molecular weight is 483 g/mol. The number of hydrogen-bond donors (Lipinski definition) is 1. The molecule has 0 radical (unpaired) electrons. The Hall–Kier alpha value is -4.47. The number of rotatable bonds is 6. The third kappa shape index (κ3) is 4.91. The summed E-state index contributed by atoms with van der Waals surface area (Å²) in [5.74, 6) is 1.94. The third-order valence-electron chi connectivity index (χ3n) is 5.18. The second-order valence-electron chi connectivity index (χ2n) is 7.35. The fraction of sp³-hybridized carbons (Fsp3) is 0.120. The summed E-state index contributed by atoms with van der Waals surface area (Å²) < 4.78 is 56.1. The van der Waals surface area contributed by atoms with Crippen LogP contribution in [0.3, 0.4) is 0 Å². The number of carbonyl (C=O) groups is 1. The SMILES string of the molecule is COc1cc2nccc(Oc3ccc(N(C(N)=O)c4cccc(C(F)(F)F)c4)cc3)c2cc1OC. The van der Waals surface area contributed by atoms with Crippen molar-refractivity contribution in [2.75, 3.05) is 19.1 Å². The quantitative estimate of drug-likeness (QED) is 0.349. The van der Waals surface area contributed by atoms with Gasteiger partial charge in [0.2, 0.25) is 0 Å². The molecular weight excluding hydrogens is 463 g/mol. The number of amides is 2.